The lowest BCUT2D eigenvalue weighted by atomic mass is 9.78. The molecule has 112 valence electrons. The normalized spacial score (nSPS) is 30.9. The highest BCUT2D eigenvalue weighted by Gasteiger charge is 2.41. The van der Waals surface area contributed by atoms with E-state index >= 15 is 0 Å². The molecule has 2 rings (SSSR count). The zero-order valence-corrected chi connectivity index (χ0v) is 12.5. The Hall–Kier alpha value is -0.160. The molecule has 1 aliphatic heterocycles. The van der Waals surface area contributed by atoms with Crippen LogP contribution >= 0.6 is 0 Å². The molecule has 2 atom stereocenters. The molecule has 0 radical (unpaired) electrons. The van der Waals surface area contributed by atoms with Crippen molar-refractivity contribution in [3.63, 3.8) is 0 Å². The molecule has 2 fully saturated rings. The second kappa shape index (κ2) is 7.58. The first-order valence-electron chi connectivity index (χ1n) is 7.68. The van der Waals surface area contributed by atoms with Gasteiger partial charge in [0, 0.05) is 51.5 Å². The van der Waals surface area contributed by atoms with E-state index in [1.165, 1.54) is 12.8 Å². The van der Waals surface area contributed by atoms with E-state index in [9.17, 15) is 0 Å². The van der Waals surface area contributed by atoms with Crippen LogP contribution in [0.4, 0.5) is 0 Å². The predicted octanol–water partition coefficient (Wildman–Crippen LogP) is 1.98. The van der Waals surface area contributed by atoms with E-state index in [0.29, 0.717) is 6.10 Å². The minimum Gasteiger partial charge on any atom is -0.385 e. The first kappa shape index (κ1) is 15.2. The maximum atomic E-state index is 5.80. The van der Waals surface area contributed by atoms with Gasteiger partial charge in [-0.2, -0.15) is 0 Å². The van der Waals surface area contributed by atoms with Gasteiger partial charge in [-0.15, -0.1) is 0 Å². The molecule has 2 unspecified atom stereocenters. The lowest BCUT2D eigenvalue weighted by Gasteiger charge is -2.32. The van der Waals surface area contributed by atoms with E-state index in [0.717, 1.165) is 58.3 Å². The summed E-state index contributed by atoms with van der Waals surface area (Å²) >= 11 is 0. The summed E-state index contributed by atoms with van der Waals surface area (Å²) in [5.74, 6) is 0. The molecule has 4 nitrogen and oxygen atoms in total. The topological polar surface area (TPSA) is 39.7 Å². The number of hydrogen-bond donors (Lipinski definition) is 1. The van der Waals surface area contributed by atoms with Crippen molar-refractivity contribution in [3.05, 3.63) is 0 Å². The van der Waals surface area contributed by atoms with Crippen LogP contribution in [0, 0.1) is 5.41 Å². The maximum Gasteiger partial charge on any atom is 0.0617 e. The average Bonchev–Trinajstić information content (AvgIpc) is 3.17. The van der Waals surface area contributed by atoms with E-state index in [-0.39, 0.29) is 5.41 Å². The second-order valence-electron chi connectivity index (χ2n) is 5.99. The van der Waals surface area contributed by atoms with E-state index in [4.69, 9.17) is 14.2 Å². The van der Waals surface area contributed by atoms with Crippen LogP contribution in [0.5, 0.6) is 0 Å². The Morgan fingerprint density at radius 1 is 1.26 bits per heavy atom. The molecule has 1 heterocycles. The number of hydrogen-bond acceptors (Lipinski definition) is 4. The van der Waals surface area contributed by atoms with Gasteiger partial charge in [-0.05, 0) is 39.0 Å². The molecule has 1 N–H and O–H groups in total. The van der Waals surface area contributed by atoms with Crippen LogP contribution in [0.1, 0.15) is 39.0 Å². The smallest absolute Gasteiger partial charge is 0.0617 e. The lowest BCUT2D eigenvalue weighted by Crippen LogP contribution is -2.41. The van der Waals surface area contributed by atoms with Gasteiger partial charge in [-0.3, -0.25) is 0 Å². The van der Waals surface area contributed by atoms with E-state index in [2.05, 4.69) is 12.2 Å². The summed E-state index contributed by atoms with van der Waals surface area (Å²) in [6.45, 7) is 6.62. The summed E-state index contributed by atoms with van der Waals surface area (Å²) < 4.78 is 16.6. The van der Waals surface area contributed by atoms with E-state index in [1.54, 1.807) is 7.11 Å². The minimum atomic E-state index is 0.282. The van der Waals surface area contributed by atoms with Crippen LogP contribution < -0.4 is 5.32 Å². The number of methoxy groups -OCH3 is 1. The summed E-state index contributed by atoms with van der Waals surface area (Å²) in [5.41, 5.74) is 0.282. The van der Waals surface area contributed by atoms with Crippen LogP contribution in [0.15, 0.2) is 0 Å². The Bertz CT molecular complexity index is 258. The third-order valence-electron chi connectivity index (χ3n) is 4.53. The van der Waals surface area contributed by atoms with E-state index in [1.807, 2.05) is 0 Å². The fourth-order valence-corrected chi connectivity index (χ4v) is 2.79. The molecule has 1 aliphatic carbocycles. The standard InChI is InChI=1S/C15H29NO3/c1-13-15(7-11-19-13,12-16-14-4-5-14)6-10-18-9-3-8-17-2/h13-14,16H,3-12H2,1-2H3. The maximum absolute atomic E-state index is 5.80. The highest BCUT2D eigenvalue weighted by molar-refractivity contribution is 4.94. The SMILES string of the molecule is COCCCOCCC1(CNC2CC2)CCOC1C. The molecule has 0 aromatic carbocycles. The fraction of sp³-hybridized carbons (Fsp3) is 1.00. The summed E-state index contributed by atoms with van der Waals surface area (Å²) in [4.78, 5) is 0. The molecule has 1 saturated carbocycles. The van der Waals surface area contributed by atoms with Crippen LogP contribution in [0.25, 0.3) is 0 Å². The van der Waals surface area contributed by atoms with Gasteiger partial charge in [0.25, 0.3) is 0 Å². The molecule has 19 heavy (non-hydrogen) atoms. The second-order valence-corrected chi connectivity index (χ2v) is 5.99. The van der Waals surface area contributed by atoms with Gasteiger partial charge < -0.3 is 19.5 Å². The molecule has 0 aromatic rings. The first-order valence-corrected chi connectivity index (χ1v) is 7.68. The molecule has 0 aromatic heterocycles. The highest BCUT2D eigenvalue weighted by atomic mass is 16.5. The van der Waals surface area contributed by atoms with Crippen LogP contribution in [-0.2, 0) is 14.2 Å². The van der Waals surface area contributed by atoms with Crippen LogP contribution in [0.2, 0.25) is 0 Å². The Morgan fingerprint density at radius 3 is 2.74 bits per heavy atom. The van der Waals surface area contributed by atoms with Crippen LogP contribution in [0.3, 0.4) is 0 Å². The van der Waals surface area contributed by atoms with Crippen molar-refractivity contribution in [3.8, 4) is 0 Å². The largest absolute Gasteiger partial charge is 0.385 e. The minimum absolute atomic E-state index is 0.282. The van der Waals surface area contributed by atoms with Crippen molar-refractivity contribution in [2.24, 2.45) is 5.41 Å². The fourth-order valence-electron chi connectivity index (χ4n) is 2.79. The zero-order valence-electron chi connectivity index (χ0n) is 12.5. The molecule has 2 aliphatic rings. The molecule has 1 saturated heterocycles. The van der Waals surface area contributed by atoms with Crippen molar-refractivity contribution in [1.82, 2.24) is 5.32 Å². The lowest BCUT2D eigenvalue weighted by molar-refractivity contribution is 0.0293. The monoisotopic (exact) mass is 271 g/mol. The summed E-state index contributed by atoms with van der Waals surface area (Å²) in [6.07, 6.45) is 6.28. The number of ether oxygens (including phenoxy) is 3. The first-order chi connectivity index (χ1) is 9.27. The molecule has 0 amide bonds. The molecular weight excluding hydrogens is 242 g/mol. The molecular formula is C15H29NO3. The Morgan fingerprint density at radius 2 is 2.11 bits per heavy atom. The quantitative estimate of drug-likeness (QED) is 0.617. The Labute approximate surface area is 117 Å². The van der Waals surface area contributed by atoms with Gasteiger partial charge in [0.15, 0.2) is 0 Å². The molecule has 0 bridgehead atoms. The van der Waals surface area contributed by atoms with Gasteiger partial charge in [0.1, 0.15) is 0 Å². The van der Waals surface area contributed by atoms with Crippen LogP contribution in [-0.4, -0.2) is 52.2 Å². The third-order valence-corrected chi connectivity index (χ3v) is 4.53. The zero-order chi connectivity index (χ0) is 13.6. The number of rotatable bonds is 10. The van der Waals surface area contributed by atoms with Crippen molar-refractivity contribution in [2.45, 2.75) is 51.2 Å². The average molecular weight is 271 g/mol. The third kappa shape index (κ3) is 4.71. The van der Waals surface area contributed by atoms with Crippen molar-refractivity contribution >= 4 is 0 Å². The number of nitrogens with one attached hydrogen (secondary N) is 1. The van der Waals surface area contributed by atoms with Gasteiger partial charge in [0.05, 0.1) is 6.10 Å². The van der Waals surface area contributed by atoms with Gasteiger partial charge in [-0.1, -0.05) is 0 Å². The van der Waals surface area contributed by atoms with E-state index < -0.39 is 0 Å². The van der Waals surface area contributed by atoms with Gasteiger partial charge in [0.2, 0.25) is 0 Å². The summed E-state index contributed by atoms with van der Waals surface area (Å²) in [5, 5.41) is 3.68. The summed E-state index contributed by atoms with van der Waals surface area (Å²) in [7, 11) is 1.73. The predicted molar refractivity (Wildman–Crippen MR) is 75.4 cm³/mol. The molecule has 0 spiro atoms. The van der Waals surface area contributed by atoms with Crippen molar-refractivity contribution in [2.75, 3.05) is 40.1 Å². The Balaban J connectivity index is 1.67. The van der Waals surface area contributed by atoms with Gasteiger partial charge >= 0.3 is 0 Å². The van der Waals surface area contributed by atoms with Gasteiger partial charge in [-0.25, -0.2) is 0 Å². The van der Waals surface area contributed by atoms with Crippen molar-refractivity contribution < 1.29 is 14.2 Å². The Kier molecular flexibility index (Phi) is 6.07. The van der Waals surface area contributed by atoms with Crippen molar-refractivity contribution in [1.29, 1.82) is 0 Å². The highest BCUT2D eigenvalue weighted by Crippen LogP contribution is 2.38. The molecule has 4 heteroatoms. The summed E-state index contributed by atoms with van der Waals surface area (Å²) in [6, 6.07) is 0.771.